The quantitative estimate of drug-likeness (QED) is 0.427. The lowest BCUT2D eigenvalue weighted by molar-refractivity contribution is 0.302. The number of nitriles is 1. The third-order valence-corrected chi connectivity index (χ3v) is 7.45. The highest BCUT2D eigenvalue weighted by atomic mass is 14.3. The van der Waals surface area contributed by atoms with Crippen molar-refractivity contribution in [2.24, 2.45) is 11.8 Å². The molecule has 0 aromatic heterocycles. The maximum absolute atomic E-state index is 8.77. The number of nitrogens with zero attached hydrogens (tertiary/aromatic N) is 1. The Morgan fingerprint density at radius 2 is 1.22 bits per heavy atom. The fourth-order valence-corrected chi connectivity index (χ4v) is 5.56. The van der Waals surface area contributed by atoms with Gasteiger partial charge in [-0.3, -0.25) is 0 Å². The molecule has 27 heavy (non-hydrogen) atoms. The van der Waals surface area contributed by atoms with Crippen molar-refractivity contribution in [3.63, 3.8) is 0 Å². The van der Waals surface area contributed by atoms with Crippen LogP contribution in [-0.4, -0.2) is 0 Å². The van der Waals surface area contributed by atoms with Gasteiger partial charge in [-0.2, -0.15) is 5.26 Å². The smallest absolute Gasteiger partial charge is 0.0621 e. The van der Waals surface area contributed by atoms with Gasteiger partial charge in [-0.15, -0.1) is 0 Å². The van der Waals surface area contributed by atoms with Crippen LogP contribution in [0.5, 0.6) is 0 Å². The van der Waals surface area contributed by atoms with Crippen LogP contribution >= 0.6 is 0 Å². The molecular formula is C26H39N. The molecule has 0 bridgehead atoms. The van der Waals surface area contributed by atoms with Crippen molar-refractivity contribution >= 4 is 0 Å². The van der Waals surface area contributed by atoms with Crippen molar-refractivity contribution < 1.29 is 0 Å². The molecule has 1 aromatic rings. The topological polar surface area (TPSA) is 23.8 Å². The summed E-state index contributed by atoms with van der Waals surface area (Å²) in [4.78, 5) is 0. The fourth-order valence-electron chi connectivity index (χ4n) is 5.56. The lowest BCUT2D eigenvalue weighted by Crippen LogP contribution is -2.14. The Morgan fingerprint density at radius 3 is 1.67 bits per heavy atom. The van der Waals surface area contributed by atoms with Crippen molar-refractivity contribution in [2.75, 3.05) is 0 Å². The summed E-state index contributed by atoms with van der Waals surface area (Å²) in [6.07, 6.45) is 18.5. The Labute approximate surface area is 167 Å². The van der Waals surface area contributed by atoms with Crippen LogP contribution in [0, 0.1) is 23.2 Å². The SMILES string of the molecule is CCCCCC1CCC(c2ccc(C3CCC(CCC#N)CC3)cc2)CC1. The zero-order chi connectivity index (χ0) is 18.9. The molecule has 0 spiro atoms. The van der Waals surface area contributed by atoms with Gasteiger partial charge in [0.25, 0.3) is 0 Å². The van der Waals surface area contributed by atoms with Crippen molar-refractivity contribution in [2.45, 2.75) is 109 Å². The first-order chi connectivity index (χ1) is 13.3. The molecule has 2 saturated carbocycles. The van der Waals surface area contributed by atoms with E-state index >= 15 is 0 Å². The Bertz CT molecular complexity index is 565. The molecule has 2 aliphatic carbocycles. The van der Waals surface area contributed by atoms with E-state index in [1.54, 1.807) is 11.1 Å². The number of hydrogen-bond acceptors (Lipinski definition) is 1. The molecule has 148 valence electrons. The van der Waals surface area contributed by atoms with Gasteiger partial charge in [-0.25, -0.2) is 0 Å². The van der Waals surface area contributed by atoms with E-state index in [0.29, 0.717) is 0 Å². The number of benzene rings is 1. The lowest BCUT2D eigenvalue weighted by atomic mass is 9.75. The van der Waals surface area contributed by atoms with Gasteiger partial charge in [0.05, 0.1) is 6.07 Å². The Morgan fingerprint density at radius 1 is 0.741 bits per heavy atom. The summed E-state index contributed by atoms with van der Waals surface area (Å²) >= 11 is 0. The van der Waals surface area contributed by atoms with Crippen LogP contribution in [0.3, 0.4) is 0 Å². The van der Waals surface area contributed by atoms with Crippen LogP contribution < -0.4 is 0 Å². The first kappa shape index (κ1) is 20.4. The highest BCUT2D eigenvalue weighted by molar-refractivity contribution is 5.28. The third kappa shape index (κ3) is 6.10. The van der Waals surface area contributed by atoms with E-state index in [-0.39, 0.29) is 0 Å². The van der Waals surface area contributed by atoms with Gasteiger partial charge < -0.3 is 0 Å². The fraction of sp³-hybridized carbons (Fsp3) is 0.731. The molecule has 3 rings (SSSR count). The van der Waals surface area contributed by atoms with E-state index in [0.717, 1.165) is 36.5 Å². The molecule has 0 N–H and O–H groups in total. The van der Waals surface area contributed by atoms with Crippen LogP contribution in [0.15, 0.2) is 24.3 Å². The zero-order valence-corrected chi connectivity index (χ0v) is 17.5. The summed E-state index contributed by atoms with van der Waals surface area (Å²) in [5.41, 5.74) is 3.15. The van der Waals surface area contributed by atoms with Gasteiger partial charge in [0.1, 0.15) is 0 Å². The average molecular weight is 366 g/mol. The van der Waals surface area contributed by atoms with Crippen LogP contribution in [0.2, 0.25) is 0 Å². The Kier molecular flexibility index (Phi) is 8.25. The highest BCUT2D eigenvalue weighted by Gasteiger charge is 2.24. The molecule has 2 aliphatic rings. The summed E-state index contributed by atoms with van der Waals surface area (Å²) in [7, 11) is 0. The van der Waals surface area contributed by atoms with E-state index in [4.69, 9.17) is 5.26 Å². The maximum atomic E-state index is 8.77. The van der Waals surface area contributed by atoms with Gasteiger partial charge >= 0.3 is 0 Å². The number of hydrogen-bond donors (Lipinski definition) is 0. The van der Waals surface area contributed by atoms with Crippen LogP contribution in [0.1, 0.15) is 120 Å². The monoisotopic (exact) mass is 365 g/mol. The number of unbranched alkanes of at least 4 members (excludes halogenated alkanes) is 2. The summed E-state index contributed by atoms with van der Waals surface area (Å²) in [6, 6.07) is 12.1. The van der Waals surface area contributed by atoms with Crippen molar-refractivity contribution in [3.05, 3.63) is 35.4 Å². The standard InChI is InChI=1S/C26H39N/c1-2-3-4-6-21-8-12-23(13-9-21)25-16-18-26(19-17-25)24-14-10-22(11-15-24)7-5-20-27/h16-19,21-24H,2-15H2,1H3. The average Bonchev–Trinajstić information content (AvgIpc) is 2.73. The molecule has 2 fully saturated rings. The Hall–Kier alpha value is -1.29. The van der Waals surface area contributed by atoms with Crippen molar-refractivity contribution in [1.29, 1.82) is 5.26 Å². The summed E-state index contributed by atoms with van der Waals surface area (Å²) in [5.74, 6) is 3.37. The predicted molar refractivity (Wildman–Crippen MR) is 115 cm³/mol. The number of rotatable bonds is 8. The molecule has 0 unspecified atom stereocenters. The molecule has 0 aliphatic heterocycles. The second-order valence-corrected chi connectivity index (χ2v) is 9.29. The maximum Gasteiger partial charge on any atom is 0.0621 e. The molecule has 0 heterocycles. The van der Waals surface area contributed by atoms with Crippen LogP contribution in [0.25, 0.3) is 0 Å². The summed E-state index contributed by atoms with van der Waals surface area (Å²) < 4.78 is 0. The normalized spacial score (nSPS) is 28.6. The van der Waals surface area contributed by atoms with Gasteiger partial charge in [0.15, 0.2) is 0 Å². The van der Waals surface area contributed by atoms with E-state index in [9.17, 15) is 0 Å². The van der Waals surface area contributed by atoms with E-state index < -0.39 is 0 Å². The third-order valence-electron chi connectivity index (χ3n) is 7.45. The molecule has 0 saturated heterocycles. The van der Waals surface area contributed by atoms with Crippen LogP contribution in [0.4, 0.5) is 0 Å². The van der Waals surface area contributed by atoms with E-state index in [2.05, 4.69) is 37.3 Å². The minimum absolute atomic E-state index is 0.741. The molecule has 1 nitrogen and oxygen atoms in total. The zero-order valence-electron chi connectivity index (χ0n) is 17.5. The Balaban J connectivity index is 1.44. The summed E-state index contributed by atoms with van der Waals surface area (Å²) in [5, 5.41) is 8.77. The molecule has 0 radical (unpaired) electrons. The van der Waals surface area contributed by atoms with E-state index in [1.807, 2.05) is 0 Å². The molecular weight excluding hydrogens is 326 g/mol. The molecule has 1 aromatic carbocycles. The lowest BCUT2D eigenvalue weighted by Gasteiger charge is -2.30. The first-order valence-corrected chi connectivity index (χ1v) is 11.8. The minimum Gasteiger partial charge on any atom is -0.198 e. The van der Waals surface area contributed by atoms with Crippen LogP contribution in [-0.2, 0) is 0 Å². The predicted octanol–water partition coefficient (Wildman–Crippen LogP) is 8.12. The molecule has 0 atom stereocenters. The largest absolute Gasteiger partial charge is 0.198 e. The van der Waals surface area contributed by atoms with E-state index in [1.165, 1.54) is 77.0 Å². The summed E-state index contributed by atoms with van der Waals surface area (Å²) in [6.45, 7) is 2.31. The van der Waals surface area contributed by atoms with Gasteiger partial charge in [0.2, 0.25) is 0 Å². The van der Waals surface area contributed by atoms with Gasteiger partial charge in [-0.05, 0) is 92.6 Å². The molecule has 0 amide bonds. The van der Waals surface area contributed by atoms with Gasteiger partial charge in [-0.1, -0.05) is 56.9 Å². The first-order valence-electron chi connectivity index (χ1n) is 11.8. The second kappa shape index (κ2) is 10.9. The molecule has 1 heteroatoms. The van der Waals surface area contributed by atoms with Gasteiger partial charge in [0, 0.05) is 6.42 Å². The van der Waals surface area contributed by atoms with Crippen molar-refractivity contribution in [3.8, 4) is 6.07 Å². The second-order valence-electron chi connectivity index (χ2n) is 9.29. The highest BCUT2D eigenvalue weighted by Crippen LogP contribution is 2.40. The minimum atomic E-state index is 0.741. The van der Waals surface area contributed by atoms with Crippen molar-refractivity contribution in [1.82, 2.24) is 0 Å².